The van der Waals surface area contributed by atoms with Crippen LogP contribution >= 0.6 is 0 Å². The van der Waals surface area contributed by atoms with Crippen molar-refractivity contribution in [3.05, 3.63) is 34.5 Å². The smallest absolute Gasteiger partial charge is 0.0582 e. The Labute approximate surface area is 160 Å². The van der Waals surface area contributed by atoms with E-state index in [1.807, 2.05) is 19.3 Å². The van der Waals surface area contributed by atoms with Crippen molar-refractivity contribution in [2.45, 2.75) is 44.1 Å². The third-order valence-corrected chi connectivity index (χ3v) is 7.43. The third kappa shape index (κ3) is 2.43. The molecule has 0 spiro atoms. The summed E-state index contributed by atoms with van der Waals surface area (Å²) in [5.74, 6) is 2.94. The highest BCUT2D eigenvalue weighted by Crippen LogP contribution is 2.62. The summed E-state index contributed by atoms with van der Waals surface area (Å²) in [6.45, 7) is 0. The van der Waals surface area contributed by atoms with Gasteiger partial charge in [-0.15, -0.1) is 0 Å². The second-order valence-electron chi connectivity index (χ2n) is 8.80. The first-order valence-electron chi connectivity index (χ1n) is 10.2. The van der Waals surface area contributed by atoms with Crippen molar-refractivity contribution in [1.29, 1.82) is 5.41 Å². The monoisotopic (exact) mass is 363 g/mol. The van der Waals surface area contributed by atoms with Crippen LogP contribution in [-0.4, -0.2) is 25.5 Å². The fraction of sp³-hybridized carbons (Fsp3) is 0.545. The second-order valence-corrected chi connectivity index (χ2v) is 8.80. The molecule has 6 N–H and O–H groups in total. The molecule has 3 fully saturated rings. The Morgan fingerprint density at radius 2 is 2.00 bits per heavy atom. The average Bonchev–Trinajstić information content (AvgIpc) is 3.33. The normalized spacial score (nSPS) is 34.8. The van der Waals surface area contributed by atoms with Crippen LogP contribution in [0.25, 0.3) is 0 Å². The van der Waals surface area contributed by atoms with Gasteiger partial charge in [0.15, 0.2) is 0 Å². The minimum absolute atomic E-state index is 0.212. The van der Waals surface area contributed by atoms with E-state index in [2.05, 4.69) is 16.4 Å². The molecule has 0 aromatic heterocycles. The Morgan fingerprint density at radius 3 is 2.70 bits per heavy atom. The molecular weight excluding hydrogens is 334 g/mol. The number of fused-ring (bicyclic) bond motifs is 7. The minimum Gasteiger partial charge on any atom is -0.401 e. The van der Waals surface area contributed by atoms with Gasteiger partial charge in [-0.25, -0.2) is 0 Å². The highest BCUT2D eigenvalue weighted by Gasteiger charge is 2.55. The number of nitrogens with zero attached hydrogens (tertiary/aromatic N) is 1. The van der Waals surface area contributed by atoms with E-state index in [1.165, 1.54) is 49.5 Å². The van der Waals surface area contributed by atoms with Gasteiger partial charge in [-0.3, -0.25) is 4.99 Å². The maximum absolute atomic E-state index is 7.96. The Kier molecular flexibility index (Phi) is 3.81. The Morgan fingerprint density at radius 1 is 1.22 bits per heavy atom. The number of nitrogen functional groups attached to an aromatic ring is 1. The number of anilines is 2. The summed E-state index contributed by atoms with van der Waals surface area (Å²) in [6, 6.07) is 4.24. The Balaban J connectivity index is 1.67. The molecule has 5 heteroatoms. The molecule has 1 aliphatic heterocycles. The molecule has 27 heavy (non-hydrogen) atoms. The molecule has 1 aromatic carbocycles. The van der Waals surface area contributed by atoms with Crippen molar-refractivity contribution in [3.8, 4) is 0 Å². The second kappa shape index (κ2) is 6.11. The zero-order valence-electron chi connectivity index (χ0n) is 15.9. The highest BCUT2D eigenvalue weighted by molar-refractivity contribution is 5.92. The predicted molar refractivity (Wildman–Crippen MR) is 112 cm³/mol. The molecule has 5 nitrogen and oxygen atoms in total. The van der Waals surface area contributed by atoms with Crippen LogP contribution in [0.3, 0.4) is 0 Å². The van der Waals surface area contributed by atoms with Crippen LogP contribution in [0.4, 0.5) is 11.4 Å². The number of allylic oxidation sites excluding steroid dienone is 1. The minimum atomic E-state index is 0.212. The van der Waals surface area contributed by atoms with Crippen molar-refractivity contribution in [1.82, 2.24) is 0 Å². The zero-order valence-corrected chi connectivity index (χ0v) is 15.9. The summed E-state index contributed by atoms with van der Waals surface area (Å²) in [5, 5.41) is 11.8. The molecule has 4 aliphatic rings. The summed E-state index contributed by atoms with van der Waals surface area (Å²) in [5.41, 5.74) is 19.1. The van der Waals surface area contributed by atoms with Gasteiger partial charge in [0, 0.05) is 47.7 Å². The van der Waals surface area contributed by atoms with Gasteiger partial charge in [0.25, 0.3) is 0 Å². The molecule has 0 amide bonds. The molecule has 0 unspecified atom stereocenters. The van der Waals surface area contributed by atoms with Gasteiger partial charge in [0.1, 0.15) is 0 Å². The molecular formula is C22H29N5. The van der Waals surface area contributed by atoms with Gasteiger partial charge in [0.2, 0.25) is 0 Å². The van der Waals surface area contributed by atoms with Gasteiger partial charge in [-0.05, 0) is 79.4 Å². The van der Waals surface area contributed by atoms with Gasteiger partial charge in [-0.2, -0.15) is 0 Å². The molecule has 3 saturated carbocycles. The summed E-state index contributed by atoms with van der Waals surface area (Å²) in [4.78, 5) is 4.36. The van der Waals surface area contributed by atoms with E-state index < -0.39 is 0 Å². The zero-order chi connectivity index (χ0) is 18.7. The quantitative estimate of drug-likeness (QED) is 0.486. The maximum atomic E-state index is 7.96. The molecule has 5 atom stereocenters. The lowest BCUT2D eigenvalue weighted by Gasteiger charge is -2.44. The van der Waals surface area contributed by atoms with Gasteiger partial charge < -0.3 is 22.2 Å². The van der Waals surface area contributed by atoms with Crippen LogP contribution in [0.2, 0.25) is 0 Å². The number of nitrogens with one attached hydrogen (secondary N) is 2. The maximum Gasteiger partial charge on any atom is 0.0582 e. The molecule has 0 saturated heterocycles. The largest absolute Gasteiger partial charge is 0.401 e. The van der Waals surface area contributed by atoms with E-state index >= 15 is 0 Å². The predicted octanol–water partition coefficient (Wildman–Crippen LogP) is 3.51. The number of nitrogens with two attached hydrogens (primary N) is 2. The fourth-order valence-corrected chi connectivity index (χ4v) is 6.20. The van der Waals surface area contributed by atoms with E-state index in [0.717, 1.165) is 22.9 Å². The molecule has 5 rings (SSSR count). The summed E-state index contributed by atoms with van der Waals surface area (Å²) < 4.78 is 0. The number of hydrogen-bond acceptors (Lipinski definition) is 5. The van der Waals surface area contributed by atoms with E-state index in [9.17, 15) is 0 Å². The van der Waals surface area contributed by atoms with Crippen molar-refractivity contribution in [2.75, 3.05) is 18.1 Å². The van der Waals surface area contributed by atoms with Crippen molar-refractivity contribution in [3.63, 3.8) is 0 Å². The summed E-state index contributed by atoms with van der Waals surface area (Å²) in [7, 11) is 1.84. The first-order valence-corrected chi connectivity index (χ1v) is 10.2. The van der Waals surface area contributed by atoms with E-state index in [4.69, 9.17) is 16.9 Å². The lowest BCUT2D eigenvalue weighted by atomic mass is 9.66. The van der Waals surface area contributed by atoms with Crippen LogP contribution in [0.5, 0.6) is 0 Å². The molecule has 1 aromatic rings. The molecule has 142 valence electrons. The molecule has 1 heterocycles. The first-order chi connectivity index (χ1) is 13.1. The van der Waals surface area contributed by atoms with Crippen molar-refractivity contribution in [2.24, 2.45) is 34.4 Å². The van der Waals surface area contributed by atoms with Gasteiger partial charge in [0.05, 0.1) is 6.04 Å². The van der Waals surface area contributed by atoms with Crippen molar-refractivity contribution < 1.29 is 0 Å². The van der Waals surface area contributed by atoms with E-state index in [-0.39, 0.29) is 6.04 Å². The standard InChI is InChI=1S/C22H29N5/c1-26-10-15(21(25)11-2-3-11)22-19-13-5-4-12(8-13)18(19)20-14(9-23)16(24)6-7-17(20)27-22/h6-7,9-13,18-19,22-23,27H,2-5,8,24-25H2,1H3/t12-,13-,18+,19-,22+/m1/s1. The lowest BCUT2D eigenvalue weighted by molar-refractivity contribution is 0.263. The molecule has 3 aliphatic carbocycles. The van der Waals surface area contributed by atoms with Crippen LogP contribution in [0.15, 0.2) is 28.4 Å². The van der Waals surface area contributed by atoms with Gasteiger partial charge in [-0.1, -0.05) is 0 Å². The fourth-order valence-electron chi connectivity index (χ4n) is 6.20. The highest BCUT2D eigenvalue weighted by atomic mass is 15.0. The van der Waals surface area contributed by atoms with E-state index in [1.54, 1.807) is 0 Å². The Bertz CT molecular complexity index is 851. The topological polar surface area (TPSA) is 100 Å². The molecule has 0 radical (unpaired) electrons. The summed E-state index contributed by atoms with van der Waals surface area (Å²) in [6.07, 6.45) is 9.73. The van der Waals surface area contributed by atoms with Gasteiger partial charge >= 0.3 is 0 Å². The first kappa shape index (κ1) is 16.8. The average molecular weight is 364 g/mol. The SMILES string of the molecule is CN=CC(=C(N)C1CC1)[C@@H]1Nc2ccc(N)c(C=N)c2[C@H]2[C@@H]3CC[C@H](C3)[C@H]21. The van der Waals surface area contributed by atoms with Crippen LogP contribution < -0.4 is 16.8 Å². The van der Waals surface area contributed by atoms with Crippen LogP contribution in [0, 0.1) is 29.1 Å². The van der Waals surface area contributed by atoms with Crippen molar-refractivity contribution >= 4 is 23.8 Å². The number of rotatable bonds is 4. The summed E-state index contributed by atoms with van der Waals surface area (Å²) >= 11 is 0. The third-order valence-electron chi connectivity index (χ3n) is 7.43. The number of benzene rings is 1. The van der Waals surface area contributed by atoms with Crippen LogP contribution in [-0.2, 0) is 0 Å². The van der Waals surface area contributed by atoms with Crippen LogP contribution in [0.1, 0.15) is 49.1 Å². The Hall–Kier alpha value is -2.30. The van der Waals surface area contributed by atoms with E-state index in [0.29, 0.717) is 29.4 Å². The number of hydrogen-bond donors (Lipinski definition) is 4. The molecule has 2 bridgehead atoms. The lowest BCUT2D eigenvalue weighted by Crippen LogP contribution is -2.44. The number of aliphatic imine (C=N–C) groups is 1.